The SMILES string of the molecule is Cc1sc(=O)n(CCC2OCCCO2)c1C. The van der Waals surface area contributed by atoms with Crippen molar-refractivity contribution < 1.29 is 9.47 Å². The fourth-order valence-electron chi connectivity index (χ4n) is 1.78. The van der Waals surface area contributed by atoms with E-state index in [9.17, 15) is 4.79 Å². The van der Waals surface area contributed by atoms with E-state index in [1.54, 1.807) is 4.57 Å². The van der Waals surface area contributed by atoms with Crippen LogP contribution in [0.15, 0.2) is 4.79 Å². The predicted molar refractivity (Wildman–Crippen MR) is 63.0 cm³/mol. The van der Waals surface area contributed by atoms with Crippen molar-refractivity contribution in [1.82, 2.24) is 4.57 Å². The Hall–Kier alpha value is -0.650. The fourth-order valence-corrected chi connectivity index (χ4v) is 2.64. The minimum atomic E-state index is -0.139. The minimum absolute atomic E-state index is 0.116. The standard InChI is InChI=1S/C11H17NO3S/c1-8-9(2)16-11(13)12(8)5-4-10-14-6-3-7-15-10/h10H,3-7H2,1-2H3. The summed E-state index contributed by atoms with van der Waals surface area (Å²) in [5.74, 6) is 0. The summed E-state index contributed by atoms with van der Waals surface area (Å²) in [5, 5.41) is 0. The van der Waals surface area contributed by atoms with Gasteiger partial charge >= 0.3 is 4.87 Å². The van der Waals surface area contributed by atoms with Gasteiger partial charge in [0.15, 0.2) is 6.29 Å². The zero-order valence-electron chi connectivity index (χ0n) is 9.69. The Kier molecular flexibility index (Phi) is 3.78. The summed E-state index contributed by atoms with van der Waals surface area (Å²) in [6, 6.07) is 0. The van der Waals surface area contributed by atoms with E-state index < -0.39 is 0 Å². The summed E-state index contributed by atoms with van der Waals surface area (Å²) in [6.07, 6.45) is 1.57. The van der Waals surface area contributed by atoms with E-state index in [0.29, 0.717) is 6.54 Å². The van der Waals surface area contributed by atoms with Crippen molar-refractivity contribution in [2.75, 3.05) is 13.2 Å². The van der Waals surface area contributed by atoms with Crippen LogP contribution in [0.1, 0.15) is 23.4 Å². The molecule has 0 aliphatic carbocycles. The summed E-state index contributed by atoms with van der Waals surface area (Å²) < 4.78 is 12.7. The maximum atomic E-state index is 11.6. The molecule has 4 nitrogen and oxygen atoms in total. The van der Waals surface area contributed by atoms with E-state index in [2.05, 4.69) is 0 Å². The van der Waals surface area contributed by atoms with Gasteiger partial charge in [0.25, 0.3) is 0 Å². The number of aromatic nitrogens is 1. The molecule has 0 atom stereocenters. The van der Waals surface area contributed by atoms with Gasteiger partial charge < -0.3 is 14.0 Å². The maximum Gasteiger partial charge on any atom is 0.307 e. The van der Waals surface area contributed by atoms with Crippen molar-refractivity contribution in [3.63, 3.8) is 0 Å². The second kappa shape index (κ2) is 5.12. The van der Waals surface area contributed by atoms with Crippen molar-refractivity contribution in [2.45, 2.75) is 39.5 Å². The van der Waals surface area contributed by atoms with Gasteiger partial charge in [0, 0.05) is 23.5 Å². The smallest absolute Gasteiger partial charge is 0.307 e. The highest BCUT2D eigenvalue weighted by Gasteiger charge is 2.15. The van der Waals surface area contributed by atoms with E-state index in [4.69, 9.17) is 9.47 Å². The van der Waals surface area contributed by atoms with Crippen LogP contribution in [0, 0.1) is 13.8 Å². The van der Waals surface area contributed by atoms with Crippen molar-refractivity contribution in [3.05, 3.63) is 20.2 Å². The summed E-state index contributed by atoms with van der Waals surface area (Å²) in [7, 11) is 0. The number of rotatable bonds is 3. The van der Waals surface area contributed by atoms with Crippen LogP contribution in [0.5, 0.6) is 0 Å². The average Bonchev–Trinajstić information content (AvgIpc) is 2.53. The molecule has 1 fully saturated rings. The van der Waals surface area contributed by atoms with Crippen LogP contribution in [0.2, 0.25) is 0 Å². The molecule has 0 spiro atoms. The molecule has 16 heavy (non-hydrogen) atoms. The van der Waals surface area contributed by atoms with Crippen molar-refractivity contribution in [3.8, 4) is 0 Å². The van der Waals surface area contributed by atoms with Gasteiger partial charge in [-0.1, -0.05) is 11.3 Å². The van der Waals surface area contributed by atoms with Gasteiger partial charge in [-0.15, -0.1) is 0 Å². The molecule has 1 aliphatic rings. The molecule has 1 aromatic heterocycles. The Bertz CT molecular complexity index is 404. The second-order valence-corrected chi connectivity index (χ2v) is 5.14. The van der Waals surface area contributed by atoms with Crippen LogP contribution < -0.4 is 4.87 Å². The summed E-state index contributed by atoms with van der Waals surface area (Å²) in [6.45, 7) is 6.17. The molecule has 0 amide bonds. The lowest BCUT2D eigenvalue weighted by molar-refractivity contribution is -0.182. The molecule has 1 saturated heterocycles. The minimum Gasteiger partial charge on any atom is -0.353 e. The van der Waals surface area contributed by atoms with Crippen molar-refractivity contribution in [1.29, 1.82) is 0 Å². The zero-order valence-corrected chi connectivity index (χ0v) is 10.5. The topological polar surface area (TPSA) is 40.5 Å². The highest BCUT2D eigenvalue weighted by atomic mass is 32.1. The van der Waals surface area contributed by atoms with Gasteiger partial charge in [0.2, 0.25) is 0 Å². The second-order valence-electron chi connectivity index (χ2n) is 3.97. The third kappa shape index (κ3) is 2.53. The van der Waals surface area contributed by atoms with Crippen LogP contribution in [-0.4, -0.2) is 24.1 Å². The van der Waals surface area contributed by atoms with E-state index in [-0.39, 0.29) is 11.2 Å². The first kappa shape index (κ1) is 11.8. The average molecular weight is 243 g/mol. The van der Waals surface area contributed by atoms with Gasteiger partial charge in [-0.3, -0.25) is 4.79 Å². The highest BCUT2D eigenvalue weighted by molar-refractivity contribution is 7.09. The molecule has 0 N–H and O–H groups in total. The number of hydrogen-bond donors (Lipinski definition) is 0. The number of nitrogens with zero attached hydrogens (tertiary/aromatic N) is 1. The third-order valence-corrected chi connectivity index (χ3v) is 3.86. The summed E-state index contributed by atoms with van der Waals surface area (Å²) in [4.78, 5) is 12.8. The molecule has 2 rings (SSSR count). The van der Waals surface area contributed by atoms with E-state index in [1.807, 2.05) is 13.8 Å². The molecule has 90 valence electrons. The van der Waals surface area contributed by atoms with Gasteiger partial charge in [0.1, 0.15) is 0 Å². The lowest BCUT2D eigenvalue weighted by atomic mass is 10.3. The third-order valence-electron chi connectivity index (χ3n) is 2.86. The molecule has 0 bridgehead atoms. The molecular weight excluding hydrogens is 226 g/mol. The molecule has 2 heterocycles. The number of thiazole rings is 1. The highest BCUT2D eigenvalue weighted by Crippen LogP contribution is 2.13. The number of aryl methyl sites for hydroxylation is 1. The van der Waals surface area contributed by atoms with E-state index in [1.165, 1.54) is 11.3 Å². The Balaban J connectivity index is 1.96. The van der Waals surface area contributed by atoms with Crippen LogP contribution >= 0.6 is 11.3 Å². The first-order valence-electron chi connectivity index (χ1n) is 5.58. The maximum absolute atomic E-state index is 11.6. The van der Waals surface area contributed by atoms with Crippen LogP contribution in [-0.2, 0) is 16.0 Å². The lowest BCUT2D eigenvalue weighted by Crippen LogP contribution is -2.27. The van der Waals surface area contributed by atoms with Gasteiger partial charge in [-0.05, 0) is 20.3 Å². The summed E-state index contributed by atoms with van der Waals surface area (Å²) >= 11 is 1.31. The first-order valence-corrected chi connectivity index (χ1v) is 6.40. The van der Waals surface area contributed by atoms with Gasteiger partial charge in [-0.2, -0.15) is 0 Å². The first-order chi connectivity index (χ1) is 7.68. The lowest BCUT2D eigenvalue weighted by Gasteiger charge is -2.23. The molecule has 0 aromatic carbocycles. The fraction of sp³-hybridized carbons (Fsp3) is 0.727. The quantitative estimate of drug-likeness (QED) is 0.811. The molecular formula is C11H17NO3S. The van der Waals surface area contributed by atoms with Crippen molar-refractivity contribution >= 4 is 11.3 Å². The molecule has 0 saturated carbocycles. The van der Waals surface area contributed by atoms with E-state index in [0.717, 1.165) is 36.6 Å². The number of hydrogen-bond acceptors (Lipinski definition) is 4. The van der Waals surface area contributed by atoms with Gasteiger partial charge in [-0.25, -0.2) is 0 Å². The molecule has 1 aliphatic heterocycles. The van der Waals surface area contributed by atoms with Gasteiger partial charge in [0.05, 0.1) is 13.2 Å². The van der Waals surface area contributed by atoms with Crippen LogP contribution in [0.25, 0.3) is 0 Å². The van der Waals surface area contributed by atoms with Crippen molar-refractivity contribution in [2.24, 2.45) is 0 Å². The molecule has 1 aromatic rings. The Morgan fingerprint density at radius 1 is 1.38 bits per heavy atom. The molecule has 5 heteroatoms. The predicted octanol–water partition coefficient (Wildman–Crippen LogP) is 1.68. The normalized spacial score (nSPS) is 17.9. The van der Waals surface area contributed by atoms with Crippen LogP contribution in [0.3, 0.4) is 0 Å². The molecule has 0 unspecified atom stereocenters. The van der Waals surface area contributed by atoms with Crippen LogP contribution in [0.4, 0.5) is 0 Å². The Morgan fingerprint density at radius 2 is 2.06 bits per heavy atom. The largest absolute Gasteiger partial charge is 0.353 e. The zero-order chi connectivity index (χ0) is 11.5. The molecule has 0 radical (unpaired) electrons. The Labute approximate surface area is 98.8 Å². The number of ether oxygens (including phenoxy) is 2. The monoisotopic (exact) mass is 243 g/mol. The summed E-state index contributed by atoms with van der Waals surface area (Å²) in [5.41, 5.74) is 1.06. The Morgan fingerprint density at radius 3 is 2.62 bits per heavy atom. The van der Waals surface area contributed by atoms with E-state index >= 15 is 0 Å².